The largest absolute Gasteiger partial charge is 0.395 e. The molecule has 0 fully saturated rings. The summed E-state index contributed by atoms with van der Waals surface area (Å²) in [6.07, 6.45) is 0. The number of aliphatic hydroxyl groups is 2. The highest BCUT2D eigenvalue weighted by Gasteiger charge is 2.20. The molecular weight excluding hydrogens is 266 g/mol. The molecule has 19 heavy (non-hydrogen) atoms. The number of hydrogen-bond donors (Lipinski definition) is 2. The van der Waals surface area contributed by atoms with Gasteiger partial charge in [0, 0.05) is 19.2 Å². The highest BCUT2D eigenvalue weighted by atomic mass is 32.2. The lowest BCUT2D eigenvalue weighted by Crippen LogP contribution is -2.29. The van der Waals surface area contributed by atoms with E-state index in [4.69, 9.17) is 10.2 Å². The summed E-state index contributed by atoms with van der Waals surface area (Å²) in [6.45, 7) is 1.34. The number of aliphatic hydroxyl groups excluding tert-OH is 2. The number of aryl methyl sites for hydroxylation is 1. The Hall–Kier alpha value is -1.39. The van der Waals surface area contributed by atoms with Gasteiger partial charge in [-0.05, 0) is 30.7 Å². The summed E-state index contributed by atoms with van der Waals surface area (Å²) in [4.78, 5) is 0.162. The van der Waals surface area contributed by atoms with E-state index in [0.29, 0.717) is 5.56 Å². The molecule has 0 aliphatic carbocycles. The predicted octanol–water partition coefficient (Wildman–Crippen LogP) is -0.0484. The SMILES string of the molecule is Cc1cc(S(=O)(=O)N(C)CCO)ccc1C#CCO. The summed E-state index contributed by atoms with van der Waals surface area (Å²) < 4.78 is 25.4. The van der Waals surface area contributed by atoms with Crippen molar-refractivity contribution in [2.24, 2.45) is 0 Å². The molecule has 1 aromatic rings. The van der Waals surface area contributed by atoms with Gasteiger partial charge in [-0.15, -0.1) is 0 Å². The molecule has 104 valence electrons. The van der Waals surface area contributed by atoms with Crippen molar-refractivity contribution >= 4 is 10.0 Å². The van der Waals surface area contributed by atoms with Crippen molar-refractivity contribution in [3.8, 4) is 11.8 Å². The fourth-order valence-corrected chi connectivity index (χ4v) is 2.76. The monoisotopic (exact) mass is 283 g/mol. The lowest BCUT2D eigenvalue weighted by atomic mass is 10.1. The molecule has 0 aliphatic heterocycles. The summed E-state index contributed by atoms with van der Waals surface area (Å²) in [5.41, 5.74) is 1.40. The number of nitrogens with zero attached hydrogens (tertiary/aromatic N) is 1. The van der Waals surface area contributed by atoms with E-state index in [9.17, 15) is 8.42 Å². The van der Waals surface area contributed by atoms with E-state index in [-0.39, 0.29) is 24.7 Å². The zero-order valence-electron chi connectivity index (χ0n) is 10.9. The molecule has 5 nitrogen and oxygen atoms in total. The topological polar surface area (TPSA) is 77.8 Å². The molecule has 0 saturated carbocycles. The van der Waals surface area contributed by atoms with Gasteiger partial charge in [0.2, 0.25) is 10.0 Å². The number of likely N-dealkylation sites (N-methyl/N-ethyl adjacent to an activating group) is 1. The molecule has 0 saturated heterocycles. The Balaban J connectivity index is 3.14. The minimum Gasteiger partial charge on any atom is -0.395 e. The fraction of sp³-hybridized carbons (Fsp3) is 0.385. The van der Waals surface area contributed by atoms with Crippen LogP contribution in [0.2, 0.25) is 0 Å². The van der Waals surface area contributed by atoms with Crippen LogP contribution in [0.5, 0.6) is 0 Å². The number of rotatable bonds is 4. The second kappa shape index (κ2) is 6.68. The molecule has 0 radical (unpaired) electrons. The quantitative estimate of drug-likeness (QED) is 0.760. The average Bonchev–Trinajstić information content (AvgIpc) is 2.37. The third-order valence-corrected chi connectivity index (χ3v) is 4.48. The van der Waals surface area contributed by atoms with Crippen molar-refractivity contribution in [1.29, 1.82) is 0 Å². The molecule has 0 atom stereocenters. The average molecular weight is 283 g/mol. The molecule has 6 heteroatoms. The van der Waals surface area contributed by atoms with Crippen molar-refractivity contribution in [3.63, 3.8) is 0 Å². The van der Waals surface area contributed by atoms with Crippen molar-refractivity contribution in [2.45, 2.75) is 11.8 Å². The first kappa shape index (κ1) is 15.7. The van der Waals surface area contributed by atoms with Crippen LogP contribution in [-0.2, 0) is 10.0 Å². The van der Waals surface area contributed by atoms with Gasteiger partial charge in [-0.3, -0.25) is 0 Å². The summed E-state index contributed by atoms with van der Waals surface area (Å²) in [5.74, 6) is 5.27. The first-order valence-electron chi connectivity index (χ1n) is 5.71. The Labute approximate surface area is 113 Å². The Kier molecular flexibility index (Phi) is 5.51. The normalized spacial score (nSPS) is 11.2. The maximum Gasteiger partial charge on any atom is 0.242 e. The smallest absolute Gasteiger partial charge is 0.242 e. The number of benzene rings is 1. The van der Waals surface area contributed by atoms with Gasteiger partial charge >= 0.3 is 0 Å². The van der Waals surface area contributed by atoms with Crippen LogP contribution in [0, 0.1) is 18.8 Å². The lowest BCUT2D eigenvalue weighted by Gasteiger charge is -2.16. The molecule has 0 amide bonds. The summed E-state index contributed by atoms with van der Waals surface area (Å²) in [6, 6.07) is 4.61. The highest BCUT2D eigenvalue weighted by molar-refractivity contribution is 7.89. The number of sulfonamides is 1. The highest BCUT2D eigenvalue weighted by Crippen LogP contribution is 2.18. The van der Waals surface area contributed by atoms with Gasteiger partial charge in [0.05, 0.1) is 11.5 Å². The van der Waals surface area contributed by atoms with Crippen LogP contribution >= 0.6 is 0 Å². The second-order valence-corrected chi connectivity index (χ2v) is 6.03. The van der Waals surface area contributed by atoms with E-state index >= 15 is 0 Å². The zero-order valence-corrected chi connectivity index (χ0v) is 11.7. The van der Waals surface area contributed by atoms with E-state index in [1.807, 2.05) is 0 Å². The summed E-state index contributed by atoms with van der Waals surface area (Å²) in [5, 5.41) is 17.4. The summed E-state index contributed by atoms with van der Waals surface area (Å²) >= 11 is 0. The summed E-state index contributed by atoms with van der Waals surface area (Å²) in [7, 11) is -2.17. The Bertz CT molecular complexity index is 599. The van der Waals surface area contributed by atoms with Crippen molar-refractivity contribution in [1.82, 2.24) is 4.31 Å². The third kappa shape index (κ3) is 3.78. The van der Waals surface area contributed by atoms with E-state index < -0.39 is 10.0 Å². The van der Waals surface area contributed by atoms with Gasteiger partial charge in [0.25, 0.3) is 0 Å². The van der Waals surface area contributed by atoms with E-state index in [1.165, 1.54) is 19.2 Å². The minimum atomic E-state index is -3.59. The second-order valence-electron chi connectivity index (χ2n) is 3.99. The molecule has 0 spiro atoms. The van der Waals surface area contributed by atoms with Crippen LogP contribution in [0.4, 0.5) is 0 Å². The molecule has 1 aromatic carbocycles. The maximum atomic E-state index is 12.1. The van der Waals surface area contributed by atoms with Crippen LogP contribution in [0.3, 0.4) is 0 Å². The van der Waals surface area contributed by atoms with Gasteiger partial charge < -0.3 is 10.2 Å². The lowest BCUT2D eigenvalue weighted by molar-refractivity contribution is 0.266. The molecular formula is C13H17NO4S. The van der Waals surface area contributed by atoms with Gasteiger partial charge in [0.15, 0.2) is 0 Å². The molecule has 0 bridgehead atoms. The van der Waals surface area contributed by atoms with Crippen LogP contribution in [-0.4, -0.2) is 49.7 Å². The standard InChI is InChI=1S/C13H17NO4S/c1-11-10-13(6-5-12(11)4-3-8-15)19(17,18)14(2)7-9-16/h5-6,10,15-16H,7-9H2,1-2H3. The van der Waals surface area contributed by atoms with Gasteiger partial charge in [-0.2, -0.15) is 4.31 Å². The van der Waals surface area contributed by atoms with Crippen molar-refractivity contribution in [3.05, 3.63) is 29.3 Å². The van der Waals surface area contributed by atoms with Gasteiger partial charge in [0.1, 0.15) is 6.61 Å². The van der Waals surface area contributed by atoms with Crippen molar-refractivity contribution in [2.75, 3.05) is 26.8 Å². The fourth-order valence-electron chi connectivity index (χ4n) is 1.51. The maximum absolute atomic E-state index is 12.1. The Morgan fingerprint density at radius 3 is 2.53 bits per heavy atom. The molecule has 0 aromatic heterocycles. The van der Waals surface area contributed by atoms with E-state index in [0.717, 1.165) is 9.87 Å². The van der Waals surface area contributed by atoms with Gasteiger partial charge in [-0.25, -0.2) is 8.42 Å². The van der Waals surface area contributed by atoms with Crippen LogP contribution in [0.25, 0.3) is 0 Å². The predicted molar refractivity (Wildman–Crippen MR) is 72.0 cm³/mol. The van der Waals surface area contributed by atoms with E-state index in [2.05, 4.69) is 11.8 Å². The molecule has 1 rings (SSSR count). The van der Waals surface area contributed by atoms with Crippen LogP contribution in [0.1, 0.15) is 11.1 Å². The van der Waals surface area contributed by atoms with Crippen LogP contribution < -0.4 is 0 Å². The molecule has 2 N–H and O–H groups in total. The molecule has 0 unspecified atom stereocenters. The number of hydrogen-bond acceptors (Lipinski definition) is 4. The van der Waals surface area contributed by atoms with Gasteiger partial charge in [-0.1, -0.05) is 11.8 Å². The minimum absolute atomic E-state index is 0.0491. The van der Waals surface area contributed by atoms with Crippen molar-refractivity contribution < 1.29 is 18.6 Å². The molecule has 0 aliphatic rings. The third-order valence-electron chi connectivity index (χ3n) is 2.62. The first-order valence-corrected chi connectivity index (χ1v) is 7.15. The Morgan fingerprint density at radius 1 is 1.32 bits per heavy atom. The Morgan fingerprint density at radius 2 is 2.00 bits per heavy atom. The van der Waals surface area contributed by atoms with E-state index in [1.54, 1.807) is 13.0 Å². The zero-order chi connectivity index (χ0) is 14.5. The van der Waals surface area contributed by atoms with Crippen LogP contribution in [0.15, 0.2) is 23.1 Å². The first-order chi connectivity index (χ1) is 8.93. The molecule has 0 heterocycles.